The van der Waals surface area contributed by atoms with Crippen molar-refractivity contribution in [3.63, 3.8) is 0 Å². The summed E-state index contributed by atoms with van der Waals surface area (Å²) in [7, 11) is 1.52. The van der Waals surface area contributed by atoms with E-state index in [0.29, 0.717) is 0 Å². The standard InChI is InChI=1S/C12H14N2O2/c1-13-12(16)9-14-11(15)8-7-10-5-3-2-4-6-10/h2-8H,9H2,1H3,(H,13,16)(H,14,15)/b8-7+. The van der Waals surface area contributed by atoms with Gasteiger partial charge in [0.25, 0.3) is 0 Å². The fraction of sp³-hybridized carbons (Fsp3) is 0.167. The van der Waals surface area contributed by atoms with Gasteiger partial charge in [0.05, 0.1) is 6.54 Å². The van der Waals surface area contributed by atoms with Crippen LogP contribution in [0.5, 0.6) is 0 Å². The Morgan fingerprint density at radius 2 is 1.94 bits per heavy atom. The van der Waals surface area contributed by atoms with E-state index in [1.165, 1.54) is 13.1 Å². The van der Waals surface area contributed by atoms with Crippen LogP contribution in [0.2, 0.25) is 0 Å². The van der Waals surface area contributed by atoms with Gasteiger partial charge in [-0.25, -0.2) is 0 Å². The summed E-state index contributed by atoms with van der Waals surface area (Å²) >= 11 is 0. The van der Waals surface area contributed by atoms with Crippen LogP contribution < -0.4 is 10.6 Å². The Kier molecular flexibility index (Phi) is 4.79. The molecule has 0 saturated heterocycles. The zero-order chi connectivity index (χ0) is 11.8. The minimum atomic E-state index is -0.285. The van der Waals surface area contributed by atoms with Gasteiger partial charge in [0, 0.05) is 13.1 Å². The molecule has 0 heterocycles. The number of amides is 2. The van der Waals surface area contributed by atoms with Gasteiger partial charge in [-0.3, -0.25) is 9.59 Å². The van der Waals surface area contributed by atoms with Crippen LogP contribution in [0.3, 0.4) is 0 Å². The molecular weight excluding hydrogens is 204 g/mol. The molecule has 0 spiro atoms. The van der Waals surface area contributed by atoms with Gasteiger partial charge in [-0.2, -0.15) is 0 Å². The molecule has 4 nitrogen and oxygen atoms in total. The number of carbonyl (C=O) groups excluding carboxylic acids is 2. The molecule has 2 amide bonds. The normalized spacial score (nSPS) is 10.1. The average Bonchev–Trinajstić information content (AvgIpc) is 2.34. The first kappa shape index (κ1) is 12.0. The Morgan fingerprint density at radius 1 is 1.25 bits per heavy atom. The summed E-state index contributed by atoms with van der Waals surface area (Å²) in [6.07, 6.45) is 3.09. The number of likely N-dealkylation sites (N-methyl/N-ethyl adjacent to an activating group) is 1. The van der Waals surface area contributed by atoms with Gasteiger partial charge in [0.1, 0.15) is 0 Å². The molecule has 0 saturated carbocycles. The van der Waals surface area contributed by atoms with E-state index in [1.807, 2.05) is 30.3 Å². The zero-order valence-electron chi connectivity index (χ0n) is 9.07. The molecule has 0 aromatic heterocycles. The topological polar surface area (TPSA) is 58.2 Å². The third-order valence-electron chi connectivity index (χ3n) is 1.93. The number of hydrogen-bond donors (Lipinski definition) is 2. The van der Waals surface area contributed by atoms with Gasteiger partial charge in [0.2, 0.25) is 11.8 Å². The van der Waals surface area contributed by atoms with Crippen LogP contribution in [-0.2, 0) is 9.59 Å². The molecule has 0 aliphatic heterocycles. The number of hydrogen-bond acceptors (Lipinski definition) is 2. The van der Waals surface area contributed by atoms with Gasteiger partial charge >= 0.3 is 0 Å². The largest absolute Gasteiger partial charge is 0.358 e. The average molecular weight is 218 g/mol. The fourth-order valence-electron chi connectivity index (χ4n) is 1.05. The van der Waals surface area contributed by atoms with Crippen molar-refractivity contribution in [2.24, 2.45) is 0 Å². The highest BCUT2D eigenvalue weighted by Gasteiger charge is 1.99. The fourth-order valence-corrected chi connectivity index (χ4v) is 1.05. The molecule has 0 bridgehead atoms. The van der Waals surface area contributed by atoms with Gasteiger partial charge in [-0.15, -0.1) is 0 Å². The van der Waals surface area contributed by atoms with Crippen molar-refractivity contribution in [1.29, 1.82) is 0 Å². The van der Waals surface area contributed by atoms with Crippen molar-refractivity contribution in [2.45, 2.75) is 0 Å². The lowest BCUT2D eigenvalue weighted by atomic mass is 10.2. The Morgan fingerprint density at radius 3 is 2.56 bits per heavy atom. The minimum absolute atomic E-state index is 0.00549. The van der Waals surface area contributed by atoms with Crippen molar-refractivity contribution in [2.75, 3.05) is 13.6 Å². The van der Waals surface area contributed by atoms with E-state index < -0.39 is 0 Å². The third-order valence-corrected chi connectivity index (χ3v) is 1.93. The first-order chi connectivity index (χ1) is 7.72. The van der Waals surface area contributed by atoms with Crippen LogP contribution in [0, 0.1) is 0 Å². The molecule has 2 N–H and O–H groups in total. The zero-order valence-corrected chi connectivity index (χ0v) is 9.07. The summed E-state index contributed by atoms with van der Waals surface area (Å²) in [6.45, 7) is -0.00549. The second-order valence-electron chi connectivity index (χ2n) is 3.13. The maximum atomic E-state index is 11.3. The van der Waals surface area contributed by atoms with Crippen LogP contribution in [-0.4, -0.2) is 25.4 Å². The highest BCUT2D eigenvalue weighted by atomic mass is 16.2. The van der Waals surface area contributed by atoms with E-state index in [1.54, 1.807) is 6.08 Å². The molecule has 0 aliphatic rings. The van der Waals surface area contributed by atoms with E-state index in [9.17, 15) is 9.59 Å². The molecule has 0 atom stereocenters. The summed E-state index contributed by atoms with van der Waals surface area (Å²) in [4.78, 5) is 22.1. The molecule has 1 rings (SSSR count). The van der Waals surface area contributed by atoms with Gasteiger partial charge < -0.3 is 10.6 Å². The lowest BCUT2D eigenvalue weighted by Gasteiger charge is -1.99. The minimum Gasteiger partial charge on any atom is -0.358 e. The third kappa shape index (κ3) is 4.41. The Balaban J connectivity index is 2.40. The van der Waals surface area contributed by atoms with E-state index in [2.05, 4.69) is 10.6 Å². The molecule has 0 aliphatic carbocycles. The van der Waals surface area contributed by atoms with Crippen molar-refractivity contribution >= 4 is 17.9 Å². The monoisotopic (exact) mass is 218 g/mol. The molecule has 0 radical (unpaired) electrons. The smallest absolute Gasteiger partial charge is 0.244 e. The van der Waals surface area contributed by atoms with Crippen LogP contribution >= 0.6 is 0 Å². The van der Waals surface area contributed by atoms with Crippen LogP contribution in [0.25, 0.3) is 6.08 Å². The second kappa shape index (κ2) is 6.40. The highest BCUT2D eigenvalue weighted by molar-refractivity contribution is 5.94. The number of benzene rings is 1. The molecule has 16 heavy (non-hydrogen) atoms. The predicted molar refractivity (Wildman–Crippen MR) is 62.6 cm³/mol. The second-order valence-corrected chi connectivity index (χ2v) is 3.13. The summed E-state index contributed by atoms with van der Waals surface area (Å²) < 4.78 is 0. The van der Waals surface area contributed by atoms with Crippen LogP contribution in [0.4, 0.5) is 0 Å². The maximum absolute atomic E-state index is 11.3. The van der Waals surface area contributed by atoms with Crippen molar-refractivity contribution in [1.82, 2.24) is 10.6 Å². The number of rotatable bonds is 4. The highest BCUT2D eigenvalue weighted by Crippen LogP contribution is 2.00. The Bertz CT molecular complexity index is 385. The molecule has 84 valence electrons. The van der Waals surface area contributed by atoms with Crippen molar-refractivity contribution in [3.05, 3.63) is 42.0 Å². The molecule has 0 unspecified atom stereocenters. The van der Waals surface area contributed by atoms with Gasteiger partial charge in [-0.1, -0.05) is 30.3 Å². The van der Waals surface area contributed by atoms with E-state index >= 15 is 0 Å². The van der Waals surface area contributed by atoms with E-state index in [4.69, 9.17) is 0 Å². The maximum Gasteiger partial charge on any atom is 0.244 e. The van der Waals surface area contributed by atoms with Gasteiger partial charge in [0.15, 0.2) is 0 Å². The molecule has 4 heteroatoms. The van der Waals surface area contributed by atoms with Crippen molar-refractivity contribution in [3.8, 4) is 0 Å². The SMILES string of the molecule is CNC(=O)CNC(=O)/C=C/c1ccccc1. The summed E-state index contributed by atoms with van der Waals surface area (Å²) in [6, 6.07) is 9.47. The Hall–Kier alpha value is -2.10. The Labute approximate surface area is 94.4 Å². The lowest BCUT2D eigenvalue weighted by molar-refractivity contribution is -0.123. The van der Waals surface area contributed by atoms with Crippen molar-refractivity contribution < 1.29 is 9.59 Å². The predicted octanol–water partition coefficient (Wildman–Crippen LogP) is 0.562. The first-order valence-corrected chi connectivity index (χ1v) is 4.94. The quantitative estimate of drug-likeness (QED) is 0.725. The summed E-state index contributed by atoms with van der Waals surface area (Å²) in [5.74, 6) is -0.506. The molecule has 0 fully saturated rings. The van der Waals surface area contributed by atoms with Gasteiger partial charge in [-0.05, 0) is 11.6 Å². The number of carbonyl (C=O) groups is 2. The van der Waals surface area contributed by atoms with Crippen LogP contribution in [0.15, 0.2) is 36.4 Å². The van der Waals surface area contributed by atoms with E-state index in [-0.39, 0.29) is 18.4 Å². The van der Waals surface area contributed by atoms with Crippen LogP contribution in [0.1, 0.15) is 5.56 Å². The molecule has 1 aromatic rings. The summed E-state index contributed by atoms with van der Waals surface area (Å²) in [5.41, 5.74) is 0.942. The van der Waals surface area contributed by atoms with E-state index in [0.717, 1.165) is 5.56 Å². The number of nitrogens with one attached hydrogen (secondary N) is 2. The molecule has 1 aromatic carbocycles. The molecular formula is C12H14N2O2. The lowest BCUT2D eigenvalue weighted by Crippen LogP contribution is -2.34. The summed E-state index contributed by atoms with van der Waals surface area (Å²) in [5, 5.41) is 4.88. The first-order valence-electron chi connectivity index (χ1n) is 4.94.